The maximum absolute atomic E-state index is 12.6. The lowest BCUT2D eigenvalue weighted by Crippen LogP contribution is -2.54. The van der Waals surface area contributed by atoms with Gasteiger partial charge in [0.2, 0.25) is 11.9 Å². The molecule has 8 nitrogen and oxygen atoms in total. The van der Waals surface area contributed by atoms with Gasteiger partial charge in [-0.1, -0.05) is 46.4 Å². The minimum atomic E-state index is -0.102. The first-order valence-electron chi connectivity index (χ1n) is 12.0. The quantitative estimate of drug-likeness (QED) is 0.470. The molecule has 3 heterocycles. The van der Waals surface area contributed by atoms with Gasteiger partial charge in [-0.05, 0) is 31.6 Å². The number of carbonyl (C=O) groups excluding carboxylic acids is 1. The summed E-state index contributed by atoms with van der Waals surface area (Å²) in [4.78, 5) is 37.5. The van der Waals surface area contributed by atoms with E-state index in [-0.39, 0.29) is 17.5 Å². The van der Waals surface area contributed by atoms with Crippen LogP contribution in [0.5, 0.6) is 0 Å². The highest BCUT2D eigenvalue weighted by atomic mass is 16.2. The zero-order chi connectivity index (χ0) is 25.1. The van der Waals surface area contributed by atoms with Gasteiger partial charge >= 0.3 is 0 Å². The van der Waals surface area contributed by atoms with Crippen molar-refractivity contribution >= 4 is 22.9 Å². The molecule has 0 spiro atoms. The fraction of sp³-hybridized carbons (Fsp3) is 0.462. The first-order chi connectivity index (χ1) is 16.3. The van der Waals surface area contributed by atoms with Crippen LogP contribution in [0.2, 0.25) is 0 Å². The molecule has 0 bridgehead atoms. The maximum atomic E-state index is 12.6. The van der Waals surface area contributed by atoms with Crippen LogP contribution < -0.4 is 10.9 Å². The summed E-state index contributed by atoms with van der Waals surface area (Å²) in [5, 5.41) is 3.87. The zero-order valence-electron chi connectivity index (χ0n) is 21.0. The summed E-state index contributed by atoms with van der Waals surface area (Å²) in [6.07, 6.45) is 9.10. The number of anilines is 1. The molecule has 1 atom stereocenters. The number of carbonyl (C=O) groups is 1. The van der Waals surface area contributed by atoms with Gasteiger partial charge < -0.3 is 10.2 Å². The summed E-state index contributed by atoms with van der Waals surface area (Å²) in [5.41, 5.74) is 1.17. The van der Waals surface area contributed by atoms with Crippen molar-refractivity contribution in [2.75, 3.05) is 31.5 Å². The molecule has 0 saturated carbocycles. The van der Waals surface area contributed by atoms with Crippen LogP contribution in [-0.4, -0.2) is 62.5 Å². The molecule has 3 rings (SSSR count). The van der Waals surface area contributed by atoms with Crippen molar-refractivity contribution in [2.24, 2.45) is 0 Å². The number of rotatable bonds is 8. The van der Waals surface area contributed by atoms with Crippen LogP contribution in [-0.2, 0) is 11.3 Å². The van der Waals surface area contributed by atoms with Crippen molar-refractivity contribution in [3.05, 3.63) is 65.8 Å². The summed E-state index contributed by atoms with van der Waals surface area (Å²) in [6.45, 7) is 19.2. The molecule has 1 fully saturated rings. The summed E-state index contributed by atoms with van der Waals surface area (Å²) in [5.74, 6) is 0.367. The van der Waals surface area contributed by atoms with Gasteiger partial charge in [0.25, 0.3) is 5.56 Å². The fourth-order valence-electron chi connectivity index (χ4n) is 3.68. The van der Waals surface area contributed by atoms with Gasteiger partial charge in [0, 0.05) is 62.1 Å². The highest BCUT2D eigenvalue weighted by molar-refractivity contribution is 5.87. The largest absolute Gasteiger partial charge is 0.336 e. The molecule has 1 saturated heterocycles. The number of allylic oxidation sites excluding steroid dienone is 2. The zero-order valence-corrected chi connectivity index (χ0v) is 21.0. The Kier molecular flexibility index (Phi) is 10.7. The van der Waals surface area contributed by atoms with Crippen LogP contribution in [0.4, 0.5) is 5.95 Å². The summed E-state index contributed by atoms with van der Waals surface area (Å²) < 4.78 is 1.68. The Morgan fingerprint density at radius 3 is 2.62 bits per heavy atom. The van der Waals surface area contributed by atoms with Gasteiger partial charge in [-0.2, -0.15) is 4.98 Å². The average Bonchev–Trinajstić information content (AvgIpc) is 2.82. The molecule has 1 unspecified atom stereocenters. The fourth-order valence-corrected chi connectivity index (χ4v) is 3.68. The highest BCUT2D eigenvalue weighted by Gasteiger charge is 2.25. The number of piperazine rings is 1. The van der Waals surface area contributed by atoms with Crippen LogP contribution >= 0.6 is 0 Å². The van der Waals surface area contributed by atoms with E-state index in [1.807, 2.05) is 24.0 Å². The molecule has 1 aliphatic rings. The average molecular weight is 467 g/mol. The smallest absolute Gasteiger partial charge is 0.252 e. The SMILES string of the molecule is C=CC(=O)N1CCN(CCn2c(=O)ccc3cnc(NC(=C)/C=C\CC)nc32)C(C)C1.CCC. The Bertz CT molecular complexity index is 1070. The molecule has 1 aliphatic heterocycles. The standard InChI is InChI=1S/C23H30N6O2.C3H8/c1-5-7-8-17(3)25-23-24-15-19-9-10-21(31)29(22(19)26-23)14-13-27-11-12-28(16-18(27)4)20(30)6-2;1-3-2/h6-10,15,18H,2-3,5,11-14,16H2,1,4H3,(H,24,25,26);3H2,1-2H3/b8-7-;. The van der Waals surface area contributed by atoms with Crippen LogP contribution in [0.15, 0.2) is 60.2 Å². The Balaban J connectivity index is 0.00000129. The third-order valence-corrected chi connectivity index (χ3v) is 5.41. The van der Waals surface area contributed by atoms with E-state index in [1.165, 1.54) is 12.5 Å². The maximum Gasteiger partial charge on any atom is 0.252 e. The molecule has 1 amide bonds. The van der Waals surface area contributed by atoms with Crippen molar-refractivity contribution < 1.29 is 4.79 Å². The number of pyridine rings is 1. The van der Waals surface area contributed by atoms with Crippen LogP contribution in [0, 0.1) is 0 Å². The second-order valence-corrected chi connectivity index (χ2v) is 8.34. The molecule has 1 N–H and O–H groups in total. The number of nitrogens with one attached hydrogen (secondary N) is 1. The van der Waals surface area contributed by atoms with Gasteiger partial charge in [0.15, 0.2) is 0 Å². The second-order valence-electron chi connectivity index (χ2n) is 8.34. The third-order valence-electron chi connectivity index (χ3n) is 5.41. The number of amides is 1. The summed E-state index contributed by atoms with van der Waals surface area (Å²) in [6, 6.07) is 3.49. The van der Waals surface area contributed by atoms with Crippen LogP contribution in [0.25, 0.3) is 11.0 Å². The van der Waals surface area contributed by atoms with E-state index in [0.29, 0.717) is 43.5 Å². The molecular formula is C26H38N6O2. The minimum Gasteiger partial charge on any atom is -0.336 e. The van der Waals surface area contributed by atoms with Crippen molar-refractivity contribution in [3.63, 3.8) is 0 Å². The molecule has 0 aliphatic carbocycles. The molecule has 8 heteroatoms. The number of hydrogen-bond donors (Lipinski definition) is 1. The molecule has 2 aromatic rings. The Labute approximate surface area is 202 Å². The van der Waals surface area contributed by atoms with E-state index >= 15 is 0 Å². The number of fused-ring (bicyclic) bond motifs is 1. The Hall–Kier alpha value is -3.26. The predicted molar refractivity (Wildman–Crippen MR) is 140 cm³/mol. The van der Waals surface area contributed by atoms with Crippen molar-refractivity contribution in [1.29, 1.82) is 0 Å². The van der Waals surface area contributed by atoms with E-state index < -0.39 is 0 Å². The van der Waals surface area contributed by atoms with Crippen molar-refractivity contribution in [2.45, 2.75) is 53.1 Å². The van der Waals surface area contributed by atoms with E-state index in [9.17, 15) is 9.59 Å². The molecule has 2 aromatic heterocycles. The highest BCUT2D eigenvalue weighted by Crippen LogP contribution is 2.14. The first-order valence-corrected chi connectivity index (χ1v) is 12.0. The van der Waals surface area contributed by atoms with E-state index in [0.717, 1.165) is 18.4 Å². The number of aromatic nitrogens is 3. The van der Waals surface area contributed by atoms with E-state index in [4.69, 9.17) is 0 Å². The molecule has 184 valence electrons. The van der Waals surface area contributed by atoms with Gasteiger partial charge in [0.05, 0.1) is 0 Å². The van der Waals surface area contributed by atoms with Crippen LogP contribution in [0.1, 0.15) is 40.5 Å². The van der Waals surface area contributed by atoms with Gasteiger partial charge in [-0.3, -0.25) is 19.1 Å². The van der Waals surface area contributed by atoms with E-state index in [1.54, 1.807) is 22.9 Å². The predicted octanol–water partition coefficient (Wildman–Crippen LogP) is 3.82. The Morgan fingerprint density at radius 1 is 1.24 bits per heavy atom. The monoisotopic (exact) mass is 466 g/mol. The third kappa shape index (κ3) is 7.38. The molecular weight excluding hydrogens is 428 g/mol. The molecule has 34 heavy (non-hydrogen) atoms. The minimum absolute atomic E-state index is 0.0381. The van der Waals surface area contributed by atoms with Crippen molar-refractivity contribution in [3.8, 4) is 0 Å². The summed E-state index contributed by atoms with van der Waals surface area (Å²) in [7, 11) is 0. The lowest BCUT2D eigenvalue weighted by Gasteiger charge is -2.39. The number of nitrogens with zero attached hydrogens (tertiary/aromatic N) is 5. The first kappa shape index (κ1) is 27.0. The van der Waals surface area contributed by atoms with Gasteiger partial charge in [-0.15, -0.1) is 0 Å². The topological polar surface area (TPSA) is 83.4 Å². The number of hydrogen-bond acceptors (Lipinski definition) is 6. The molecule has 0 aromatic carbocycles. The lowest BCUT2D eigenvalue weighted by molar-refractivity contribution is -0.128. The van der Waals surface area contributed by atoms with Gasteiger partial charge in [-0.25, -0.2) is 4.98 Å². The second kappa shape index (κ2) is 13.4. The summed E-state index contributed by atoms with van der Waals surface area (Å²) >= 11 is 0. The van der Waals surface area contributed by atoms with E-state index in [2.05, 4.69) is 54.1 Å². The molecule has 0 radical (unpaired) electrons. The van der Waals surface area contributed by atoms with Gasteiger partial charge in [0.1, 0.15) is 5.65 Å². The van der Waals surface area contributed by atoms with Crippen molar-refractivity contribution in [1.82, 2.24) is 24.3 Å². The normalized spacial score (nSPS) is 16.2. The van der Waals surface area contributed by atoms with Crippen LogP contribution in [0.3, 0.4) is 0 Å². The lowest BCUT2D eigenvalue weighted by atomic mass is 10.2. The Morgan fingerprint density at radius 2 is 1.97 bits per heavy atom.